The van der Waals surface area contributed by atoms with Crippen molar-refractivity contribution in [2.45, 2.75) is 64.2 Å². The minimum absolute atomic E-state index is 0.000407. The fourth-order valence-corrected chi connectivity index (χ4v) is 4.89. The molecule has 0 saturated heterocycles. The van der Waals surface area contributed by atoms with Gasteiger partial charge in [-0.05, 0) is 81.1 Å². The molecule has 0 saturated carbocycles. The molecule has 0 amide bonds. The Balaban J connectivity index is 2.00. The van der Waals surface area contributed by atoms with Gasteiger partial charge in [0.1, 0.15) is 23.6 Å². The van der Waals surface area contributed by atoms with Gasteiger partial charge in [0.15, 0.2) is 0 Å². The number of rotatable bonds is 12. The maximum absolute atomic E-state index is 12.7. The first kappa shape index (κ1) is 30.0. The lowest BCUT2D eigenvalue weighted by Gasteiger charge is -2.20. The van der Waals surface area contributed by atoms with E-state index >= 15 is 0 Å². The van der Waals surface area contributed by atoms with Crippen molar-refractivity contribution in [3.05, 3.63) is 59.7 Å². The number of benzene rings is 2. The van der Waals surface area contributed by atoms with Gasteiger partial charge < -0.3 is 29.3 Å². The summed E-state index contributed by atoms with van der Waals surface area (Å²) in [6.07, 6.45) is -1.50. The average Bonchev–Trinajstić information content (AvgIpc) is 2.76. The van der Waals surface area contributed by atoms with E-state index in [0.29, 0.717) is 11.3 Å². The molecule has 2 unspecified atom stereocenters. The van der Waals surface area contributed by atoms with Crippen molar-refractivity contribution in [2.24, 2.45) is 5.73 Å². The Bertz CT molecular complexity index is 1060. The molecule has 2 aromatic rings. The van der Waals surface area contributed by atoms with Gasteiger partial charge in [0.25, 0.3) is 0 Å². The Morgan fingerprint density at radius 1 is 0.784 bits per heavy atom. The molecule has 202 valence electrons. The molecule has 0 fully saturated rings. The third-order valence-corrected chi connectivity index (χ3v) is 6.36. The lowest BCUT2D eigenvalue weighted by atomic mass is 10.1. The van der Waals surface area contributed by atoms with Gasteiger partial charge in [0, 0.05) is 6.42 Å². The molecule has 0 spiro atoms. The number of carboxylic acid groups (broad SMARTS) is 1. The molecule has 0 aliphatic heterocycles. The quantitative estimate of drug-likeness (QED) is 0.155. The first-order valence-corrected chi connectivity index (χ1v) is 18.7. The second-order valence-electron chi connectivity index (χ2n) is 10.5. The minimum atomic E-state index is -1.79. The number of carbonyl (C=O) groups excluding carboxylic acids is 2. The van der Waals surface area contributed by atoms with E-state index in [1.807, 2.05) is 0 Å². The lowest BCUT2D eigenvalue weighted by Crippen LogP contribution is -2.44. The summed E-state index contributed by atoms with van der Waals surface area (Å²) in [6.45, 7) is 12.4. The van der Waals surface area contributed by atoms with Crippen LogP contribution in [0.3, 0.4) is 0 Å². The molecule has 2 aromatic carbocycles. The van der Waals surface area contributed by atoms with Gasteiger partial charge in [0.2, 0.25) is 16.6 Å². The number of esters is 2. The van der Waals surface area contributed by atoms with E-state index in [1.165, 1.54) is 0 Å². The van der Waals surface area contributed by atoms with Gasteiger partial charge in [-0.2, -0.15) is 0 Å². The van der Waals surface area contributed by atoms with Crippen LogP contribution < -0.4 is 20.1 Å². The summed E-state index contributed by atoms with van der Waals surface area (Å²) >= 11 is 0. The van der Waals surface area contributed by atoms with E-state index in [2.05, 4.69) is 49.6 Å². The fraction of sp³-hybridized carbons (Fsp3) is 0.400. The molecule has 0 heterocycles. The Labute approximate surface area is 219 Å². The van der Waals surface area contributed by atoms with E-state index in [9.17, 15) is 14.4 Å². The lowest BCUT2D eigenvalue weighted by molar-refractivity contribution is -0.163. The van der Waals surface area contributed by atoms with E-state index in [0.717, 1.165) is 11.3 Å². The van der Waals surface area contributed by atoms with Crippen LogP contribution in [0.25, 0.3) is 0 Å². The van der Waals surface area contributed by atoms with Gasteiger partial charge in [0.05, 0.1) is 0 Å². The largest absolute Gasteiger partial charge is 0.544 e. The van der Waals surface area contributed by atoms with Gasteiger partial charge in [-0.25, -0.2) is 14.4 Å². The van der Waals surface area contributed by atoms with E-state index in [-0.39, 0.29) is 12.8 Å². The standard InChI is InChI=1S/C25H36N2O8Si2/c1-36(2,3)34-19-11-7-17(8-12-19)15-21(26)23(28)32-24(29)22(27-33-25(30)31)16-18-9-13-20(14-10-18)35-37(4,5)6/h7-14,21-22,27H,15-16,26H2,1-6H3,(H,30,31). The molecule has 0 aliphatic carbocycles. The normalized spacial score (nSPS) is 13.3. The third kappa shape index (κ3) is 11.6. The summed E-state index contributed by atoms with van der Waals surface area (Å²) in [5.74, 6) is -0.517. The molecule has 12 heteroatoms. The Morgan fingerprint density at radius 2 is 1.22 bits per heavy atom. The van der Waals surface area contributed by atoms with Gasteiger partial charge in [-0.15, -0.1) is 5.48 Å². The van der Waals surface area contributed by atoms with Crippen molar-refractivity contribution >= 4 is 34.7 Å². The fourth-order valence-electron chi connectivity index (χ4n) is 3.21. The van der Waals surface area contributed by atoms with Crippen LogP contribution in [-0.4, -0.2) is 51.9 Å². The first-order chi connectivity index (χ1) is 17.1. The van der Waals surface area contributed by atoms with Crippen molar-refractivity contribution in [1.82, 2.24) is 5.48 Å². The van der Waals surface area contributed by atoms with Gasteiger partial charge in [-0.3, -0.25) is 0 Å². The number of hydrogen-bond acceptors (Lipinski definition) is 9. The van der Waals surface area contributed by atoms with Crippen molar-refractivity contribution in [3.8, 4) is 11.5 Å². The molecule has 37 heavy (non-hydrogen) atoms. The minimum Gasteiger partial charge on any atom is -0.544 e. The highest BCUT2D eigenvalue weighted by atomic mass is 28.4. The maximum Gasteiger partial charge on any atom is 0.525 e. The first-order valence-electron chi connectivity index (χ1n) is 11.8. The summed E-state index contributed by atoms with van der Waals surface area (Å²) < 4.78 is 16.8. The van der Waals surface area contributed by atoms with Crippen LogP contribution in [0.4, 0.5) is 4.79 Å². The van der Waals surface area contributed by atoms with Crippen molar-refractivity contribution in [3.63, 3.8) is 0 Å². The molecular formula is C25H36N2O8Si2. The van der Waals surface area contributed by atoms with Gasteiger partial charge >= 0.3 is 18.1 Å². The predicted octanol–water partition coefficient (Wildman–Crippen LogP) is 3.86. The van der Waals surface area contributed by atoms with E-state index < -0.39 is 46.8 Å². The third-order valence-electron chi connectivity index (χ3n) is 4.67. The van der Waals surface area contributed by atoms with Gasteiger partial charge in [-0.1, -0.05) is 24.3 Å². The van der Waals surface area contributed by atoms with Crippen LogP contribution in [0.15, 0.2) is 48.5 Å². The van der Waals surface area contributed by atoms with Crippen LogP contribution in [0.1, 0.15) is 11.1 Å². The Hall–Kier alpha value is -3.20. The summed E-state index contributed by atoms with van der Waals surface area (Å²) in [4.78, 5) is 40.4. The zero-order chi connectivity index (χ0) is 27.8. The van der Waals surface area contributed by atoms with Crippen LogP contribution in [0.5, 0.6) is 11.5 Å². The van der Waals surface area contributed by atoms with E-state index in [4.69, 9.17) is 24.4 Å². The molecule has 0 aromatic heterocycles. The molecule has 10 nitrogen and oxygen atoms in total. The smallest absolute Gasteiger partial charge is 0.525 e. The number of hydrogen-bond donors (Lipinski definition) is 3. The summed E-state index contributed by atoms with van der Waals surface area (Å²) in [5, 5.41) is 8.83. The Kier molecular flexibility index (Phi) is 10.4. The number of nitrogens with one attached hydrogen (secondary N) is 1. The average molecular weight is 549 g/mol. The van der Waals surface area contributed by atoms with Crippen molar-refractivity contribution in [2.75, 3.05) is 0 Å². The zero-order valence-corrected chi connectivity index (χ0v) is 24.1. The topological polar surface area (TPSA) is 146 Å². The summed E-state index contributed by atoms with van der Waals surface area (Å²) in [7, 11) is -3.53. The zero-order valence-electron chi connectivity index (χ0n) is 22.1. The molecule has 4 N–H and O–H groups in total. The monoisotopic (exact) mass is 548 g/mol. The highest BCUT2D eigenvalue weighted by molar-refractivity contribution is 6.70. The molecule has 0 bridgehead atoms. The van der Waals surface area contributed by atoms with Crippen LogP contribution in [0.2, 0.25) is 39.3 Å². The molecular weight excluding hydrogens is 512 g/mol. The Morgan fingerprint density at radius 3 is 1.62 bits per heavy atom. The number of ether oxygens (including phenoxy) is 1. The van der Waals surface area contributed by atoms with Crippen LogP contribution in [0, 0.1) is 0 Å². The maximum atomic E-state index is 12.7. The number of hydroxylamine groups is 1. The van der Waals surface area contributed by atoms with Crippen LogP contribution in [-0.2, 0) is 32.0 Å². The highest BCUT2D eigenvalue weighted by Crippen LogP contribution is 2.19. The molecule has 2 atom stereocenters. The SMILES string of the molecule is C[Si](C)(C)Oc1ccc(CC(N)C(=O)OC(=O)C(Cc2ccc(O[Si](C)(C)C)cc2)NOC(=O)O)cc1. The summed E-state index contributed by atoms with van der Waals surface area (Å²) in [6, 6.07) is 11.8. The second-order valence-corrected chi connectivity index (χ2v) is 19.4. The molecule has 0 aliphatic rings. The van der Waals surface area contributed by atoms with Crippen molar-refractivity contribution < 1.29 is 37.9 Å². The number of nitrogens with two attached hydrogens (primary N) is 1. The summed E-state index contributed by atoms with van der Waals surface area (Å²) in [5.41, 5.74) is 9.55. The predicted molar refractivity (Wildman–Crippen MR) is 143 cm³/mol. The molecule has 2 rings (SSSR count). The van der Waals surface area contributed by atoms with E-state index in [1.54, 1.807) is 48.5 Å². The highest BCUT2D eigenvalue weighted by Gasteiger charge is 2.28. The van der Waals surface area contributed by atoms with Crippen LogP contribution >= 0.6 is 0 Å². The second kappa shape index (κ2) is 12.9. The number of carbonyl (C=O) groups is 3. The molecule has 0 radical (unpaired) electrons. The van der Waals surface area contributed by atoms with Crippen molar-refractivity contribution in [1.29, 1.82) is 0 Å².